The Kier molecular flexibility index (Phi) is 4.89. The van der Waals surface area contributed by atoms with Gasteiger partial charge in [0.1, 0.15) is 0 Å². The summed E-state index contributed by atoms with van der Waals surface area (Å²) in [6.45, 7) is 8.93. The van der Waals surface area contributed by atoms with Gasteiger partial charge in [-0.15, -0.1) is 0 Å². The lowest BCUT2D eigenvalue weighted by molar-refractivity contribution is 0.102. The number of benzene rings is 2. The largest absolute Gasteiger partial charge is 0.322 e. The number of aromatic nitrogens is 3. The van der Waals surface area contributed by atoms with E-state index in [1.807, 2.05) is 80.2 Å². The van der Waals surface area contributed by atoms with E-state index in [1.54, 1.807) is 0 Å². The molecule has 0 aliphatic rings. The molecule has 0 bridgehead atoms. The number of anilines is 1. The predicted molar refractivity (Wildman–Crippen MR) is 117 cm³/mol. The highest BCUT2D eigenvalue weighted by atomic mass is 16.1. The maximum absolute atomic E-state index is 13.3. The van der Waals surface area contributed by atoms with Crippen molar-refractivity contribution in [2.45, 2.75) is 34.2 Å². The molecule has 1 amide bonds. The van der Waals surface area contributed by atoms with Crippen molar-refractivity contribution in [2.75, 3.05) is 5.32 Å². The minimum absolute atomic E-state index is 0.140. The van der Waals surface area contributed by atoms with Crippen LogP contribution in [0.4, 0.5) is 5.69 Å². The highest BCUT2D eigenvalue weighted by Crippen LogP contribution is 2.28. The first-order valence-corrected chi connectivity index (χ1v) is 9.79. The van der Waals surface area contributed by atoms with Gasteiger partial charge in [-0.2, -0.15) is 5.10 Å². The molecule has 0 spiro atoms. The molecule has 0 aliphatic heterocycles. The van der Waals surface area contributed by atoms with Crippen molar-refractivity contribution >= 4 is 22.5 Å². The maximum Gasteiger partial charge on any atom is 0.256 e. The summed E-state index contributed by atoms with van der Waals surface area (Å²) in [6.07, 6.45) is 1.82. The van der Waals surface area contributed by atoms with Gasteiger partial charge in [-0.3, -0.25) is 9.48 Å². The van der Waals surface area contributed by atoms with Gasteiger partial charge >= 0.3 is 0 Å². The van der Waals surface area contributed by atoms with Gasteiger partial charge in [0.2, 0.25) is 0 Å². The lowest BCUT2D eigenvalue weighted by atomic mass is 10.0. The summed E-state index contributed by atoms with van der Waals surface area (Å²) in [7, 11) is 0. The number of hydrogen-bond donors (Lipinski definition) is 1. The molecule has 1 N–H and O–H groups in total. The number of nitrogens with zero attached hydrogens (tertiary/aromatic N) is 3. The molecule has 4 rings (SSSR count). The van der Waals surface area contributed by atoms with Gasteiger partial charge in [0.05, 0.1) is 23.0 Å². The van der Waals surface area contributed by atoms with Gasteiger partial charge in [-0.1, -0.05) is 30.3 Å². The van der Waals surface area contributed by atoms with Crippen LogP contribution < -0.4 is 5.32 Å². The summed E-state index contributed by atoms with van der Waals surface area (Å²) in [4.78, 5) is 18.1. The molecule has 0 unspecified atom stereocenters. The van der Waals surface area contributed by atoms with Crippen LogP contribution in [0.25, 0.3) is 22.2 Å². The number of fused-ring (bicyclic) bond motifs is 1. The minimum atomic E-state index is -0.140. The Bertz CT molecular complexity index is 1220. The van der Waals surface area contributed by atoms with Crippen LogP contribution in [0, 0.1) is 20.8 Å². The van der Waals surface area contributed by atoms with Crippen molar-refractivity contribution in [2.24, 2.45) is 0 Å². The zero-order chi connectivity index (χ0) is 20.5. The van der Waals surface area contributed by atoms with E-state index in [4.69, 9.17) is 4.98 Å². The number of pyridine rings is 1. The summed E-state index contributed by atoms with van der Waals surface area (Å²) in [5, 5.41) is 8.34. The topological polar surface area (TPSA) is 59.8 Å². The third-order valence-electron chi connectivity index (χ3n) is 5.49. The van der Waals surface area contributed by atoms with E-state index in [2.05, 4.69) is 17.3 Å². The Morgan fingerprint density at radius 3 is 2.62 bits per heavy atom. The first-order valence-electron chi connectivity index (χ1n) is 9.79. The Morgan fingerprint density at radius 2 is 1.86 bits per heavy atom. The zero-order valence-electron chi connectivity index (χ0n) is 17.2. The Labute approximate surface area is 170 Å². The van der Waals surface area contributed by atoms with Gasteiger partial charge in [0.15, 0.2) is 0 Å². The van der Waals surface area contributed by atoms with Gasteiger partial charge in [0, 0.05) is 28.9 Å². The van der Waals surface area contributed by atoms with Gasteiger partial charge in [0.25, 0.3) is 5.91 Å². The van der Waals surface area contributed by atoms with Crippen molar-refractivity contribution < 1.29 is 4.79 Å². The van der Waals surface area contributed by atoms with E-state index in [-0.39, 0.29) is 5.91 Å². The summed E-state index contributed by atoms with van der Waals surface area (Å²) in [5.41, 5.74) is 7.18. The Morgan fingerprint density at radius 1 is 1.07 bits per heavy atom. The van der Waals surface area contributed by atoms with Gasteiger partial charge in [-0.25, -0.2) is 4.98 Å². The fourth-order valence-electron chi connectivity index (χ4n) is 3.59. The average molecular weight is 384 g/mol. The number of carbonyl (C=O) groups is 1. The molecule has 4 aromatic rings. The SMILES string of the molecule is CCn1ncc(-c2cc(C(=O)Nc3cccc(C)c3C)c3ccccc3n2)c1C. The number of rotatable bonds is 4. The molecule has 0 saturated carbocycles. The van der Waals surface area contributed by atoms with Crippen LogP contribution in [0.3, 0.4) is 0 Å². The molecular weight excluding hydrogens is 360 g/mol. The van der Waals surface area contributed by atoms with E-state index in [0.717, 1.165) is 51.2 Å². The van der Waals surface area contributed by atoms with Crippen molar-refractivity contribution in [3.05, 3.63) is 77.1 Å². The van der Waals surface area contributed by atoms with Crippen LogP contribution in [0.1, 0.15) is 34.1 Å². The van der Waals surface area contributed by atoms with E-state index >= 15 is 0 Å². The van der Waals surface area contributed by atoms with E-state index in [9.17, 15) is 4.79 Å². The van der Waals surface area contributed by atoms with Crippen molar-refractivity contribution in [3.8, 4) is 11.3 Å². The molecule has 2 aromatic heterocycles. The molecule has 146 valence electrons. The van der Waals surface area contributed by atoms with Crippen LogP contribution in [-0.4, -0.2) is 20.7 Å². The van der Waals surface area contributed by atoms with Crippen LogP contribution in [0.2, 0.25) is 0 Å². The normalized spacial score (nSPS) is 11.0. The molecule has 0 fully saturated rings. The second-order valence-corrected chi connectivity index (χ2v) is 7.23. The van der Waals surface area contributed by atoms with Crippen LogP contribution in [0.5, 0.6) is 0 Å². The number of carbonyl (C=O) groups excluding carboxylic acids is 1. The summed E-state index contributed by atoms with van der Waals surface area (Å²) >= 11 is 0. The van der Waals surface area contributed by atoms with Crippen LogP contribution >= 0.6 is 0 Å². The summed E-state index contributed by atoms with van der Waals surface area (Å²) in [5.74, 6) is -0.140. The number of nitrogens with one attached hydrogen (secondary N) is 1. The molecule has 0 saturated heterocycles. The molecule has 5 nitrogen and oxygen atoms in total. The average Bonchev–Trinajstić information content (AvgIpc) is 3.11. The monoisotopic (exact) mass is 384 g/mol. The molecule has 0 radical (unpaired) electrons. The fraction of sp³-hybridized carbons (Fsp3) is 0.208. The number of para-hydroxylation sites is 1. The lowest BCUT2D eigenvalue weighted by Gasteiger charge is -2.13. The second-order valence-electron chi connectivity index (χ2n) is 7.23. The highest BCUT2D eigenvalue weighted by Gasteiger charge is 2.17. The van der Waals surface area contributed by atoms with Crippen molar-refractivity contribution in [3.63, 3.8) is 0 Å². The molecule has 0 atom stereocenters. The highest BCUT2D eigenvalue weighted by molar-refractivity contribution is 6.13. The van der Waals surface area contributed by atoms with Crippen LogP contribution in [-0.2, 0) is 6.54 Å². The molecule has 5 heteroatoms. The minimum Gasteiger partial charge on any atom is -0.322 e. The number of aryl methyl sites for hydroxylation is 2. The first-order chi connectivity index (χ1) is 14.0. The Balaban J connectivity index is 1.83. The van der Waals surface area contributed by atoms with Crippen molar-refractivity contribution in [1.29, 1.82) is 0 Å². The second kappa shape index (κ2) is 7.51. The molecule has 0 aliphatic carbocycles. The van der Waals surface area contributed by atoms with E-state index in [0.29, 0.717) is 5.56 Å². The lowest BCUT2D eigenvalue weighted by Crippen LogP contribution is -2.14. The fourth-order valence-corrected chi connectivity index (χ4v) is 3.59. The summed E-state index contributed by atoms with van der Waals surface area (Å²) in [6, 6.07) is 15.5. The third-order valence-corrected chi connectivity index (χ3v) is 5.49. The quantitative estimate of drug-likeness (QED) is 0.520. The van der Waals surface area contributed by atoms with Crippen molar-refractivity contribution in [1.82, 2.24) is 14.8 Å². The van der Waals surface area contributed by atoms with E-state index in [1.165, 1.54) is 0 Å². The molecule has 29 heavy (non-hydrogen) atoms. The number of hydrogen-bond acceptors (Lipinski definition) is 3. The Hall–Kier alpha value is -3.47. The van der Waals surface area contributed by atoms with Crippen LogP contribution in [0.15, 0.2) is 54.7 Å². The maximum atomic E-state index is 13.3. The van der Waals surface area contributed by atoms with E-state index < -0.39 is 0 Å². The van der Waals surface area contributed by atoms with Gasteiger partial charge < -0.3 is 5.32 Å². The zero-order valence-corrected chi connectivity index (χ0v) is 17.2. The predicted octanol–water partition coefficient (Wildman–Crippen LogP) is 5.30. The standard InChI is InChI=1S/C24H24N4O/c1-5-28-17(4)20(14-25-28)23-13-19(18-10-6-7-11-22(18)26-23)24(29)27-21-12-8-9-15(2)16(21)3/h6-14H,5H2,1-4H3,(H,27,29). The third kappa shape index (κ3) is 3.40. The molecule has 2 aromatic carbocycles. The van der Waals surface area contributed by atoms with Gasteiger partial charge in [-0.05, 0) is 57.0 Å². The first kappa shape index (κ1) is 18.9. The smallest absolute Gasteiger partial charge is 0.256 e. The molecular formula is C24H24N4O. The number of amides is 1. The molecule has 2 heterocycles. The summed E-state index contributed by atoms with van der Waals surface area (Å²) < 4.78 is 1.93.